The molecule has 1 aliphatic heterocycles. The van der Waals surface area contributed by atoms with E-state index >= 15 is 0 Å². The number of carbonyl (C=O) groups excluding carboxylic acids is 2. The second-order valence-electron chi connectivity index (χ2n) is 7.78. The first-order valence-corrected chi connectivity index (χ1v) is 11.1. The lowest BCUT2D eigenvalue weighted by Gasteiger charge is -2.35. The summed E-state index contributed by atoms with van der Waals surface area (Å²) < 4.78 is 0. The lowest BCUT2D eigenvalue weighted by Crippen LogP contribution is -2.59. The summed E-state index contributed by atoms with van der Waals surface area (Å²) >= 11 is 1.64. The molecule has 0 aromatic heterocycles. The van der Waals surface area contributed by atoms with Crippen molar-refractivity contribution >= 4 is 29.3 Å². The third-order valence-corrected chi connectivity index (χ3v) is 6.24. The number of benzene rings is 2. The van der Waals surface area contributed by atoms with Crippen molar-refractivity contribution in [3.05, 3.63) is 65.7 Å². The molecule has 29 heavy (non-hydrogen) atoms. The maximum Gasteiger partial charge on any atom is 0.227 e. The number of thioether (sulfide) groups is 1. The standard InChI is InChI=1S/C23H29N3O2S/c1-15(2)18-9-11-19(12-10-18)25-21(27)13-20-16(3)24-23(26-22(20)28)29-14-17-7-5-4-6-8-17/h4-12,15-16,20,23-24H,13-14H2,1-3H3,(H,25,27)(H,26,28). The van der Waals surface area contributed by atoms with Crippen molar-refractivity contribution < 1.29 is 9.59 Å². The molecule has 3 atom stereocenters. The molecule has 3 N–H and O–H groups in total. The van der Waals surface area contributed by atoms with Gasteiger partial charge in [0.25, 0.3) is 0 Å². The Kier molecular flexibility index (Phi) is 7.34. The van der Waals surface area contributed by atoms with Crippen LogP contribution in [0.25, 0.3) is 0 Å². The highest BCUT2D eigenvalue weighted by Crippen LogP contribution is 2.23. The van der Waals surface area contributed by atoms with Gasteiger partial charge in [-0.1, -0.05) is 56.3 Å². The predicted octanol–water partition coefficient (Wildman–Crippen LogP) is 4.08. The molecule has 154 valence electrons. The molecule has 0 radical (unpaired) electrons. The number of anilines is 1. The van der Waals surface area contributed by atoms with Crippen LogP contribution in [0.1, 0.15) is 44.2 Å². The molecule has 1 fully saturated rings. The monoisotopic (exact) mass is 411 g/mol. The average molecular weight is 412 g/mol. The van der Waals surface area contributed by atoms with Gasteiger partial charge in [0, 0.05) is 23.9 Å². The van der Waals surface area contributed by atoms with E-state index in [0.29, 0.717) is 5.92 Å². The van der Waals surface area contributed by atoms with Crippen LogP contribution in [0.2, 0.25) is 0 Å². The van der Waals surface area contributed by atoms with Gasteiger partial charge in [0.15, 0.2) is 0 Å². The first-order chi connectivity index (χ1) is 13.9. The number of rotatable bonds is 7. The van der Waals surface area contributed by atoms with Gasteiger partial charge in [0.1, 0.15) is 5.50 Å². The Morgan fingerprint density at radius 1 is 1.10 bits per heavy atom. The van der Waals surface area contributed by atoms with E-state index in [1.807, 2.05) is 49.4 Å². The van der Waals surface area contributed by atoms with Crippen LogP contribution in [0.3, 0.4) is 0 Å². The Hall–Kier alpha value is -2.31. The molecule has 1 saturated heterocycles. The summed E-state index contributed by atoms with van der Waals surface area (Å²) in [5.41, 5.74) is 3.05. The smallest absolute Gasteiger partial charge is 0.227 e. The van der Waals surface area contributed by atoms with Crippen LogP contribution in [0.4, 0.5) is 5.69 Å². The quantitative estimate of drug-likeness (QED) is 0.642. The Labute approximate surface area is 177 Å². The number of hydrogen-bond donors (Lipinski definition) is 3. The van der Waals surface area contributed by atoms with Crippen LogP contribution in [0, 0.1) is 5.92 Å². The first kappa shape index (κ1) is 21.4. The van der Waals surface area contributed by atoms with Gasteiger partial charge in [0.2, 0.25) is 11.8 Å². The Morgan fingerprint density at radius 2 is 1.79 bits per heavy atom. The second kappa shape index (κ2) is 9.94. The molecule has 2 aromatic carbocycles. The van der Waals surface area contributed by atoms with Crippen molar-refractivity contribution in [2.75, 3.05) is 5.32 Å². The maximum absolute atomic E-state index is 12.6. The maximum atomic E-state index is 12.6. The van der Waals surface area contributed by atoms with Crippen molar-refractivity contribution in [1.29, 1.82) is 0 Å². The fraction of sp³-hybridized carbons (Fsp3) is 0.391. The molecule has 6 heteroatoms. The Morgan fingerprint density at radius 3 is 2.41 bits per heavy atom. The van der Waals surface area contributed by atoms with Crippen molar-refractivity contribution in [2.45, 2.75) is 50.4 Å². The van der Waals surface area contributed by atoms with Gasteiger partial charge >= 0.3 is 0 Å². The fourth-order valence-corrected chi connectivity index (χ4v) is 4.40. The van der Waals surface area contributed by atoms with E-state index in [4.69, 9.17) is 0 Å². The van der Waals surface area contributed by atoms with Crippen LogP contribution < -0.4 is 16.0 Å². The van der Waals surface area contributed by atoms with Crippen molar-refractivity contribution in [3.63, 3.8) is 0 Å². The summed E-state index contributed by atoms with van der Waals surface area (Å²) in [5, 5.41) is 9.30. The van der Waals surface area contributed by atoms with E-state index in [0.717, 1.165) is 11.4 Å². The molecule has 0 spiro atoms. The zero-order chi connectivity index (χ0) is 20.8. The third-order valence-electron chi connectivity index (χ3n) is 5.15. The highest BCUT2D eigenvalue weighted by molar-refractivity contribution is 7.99. The minimum absolute atomic E-state index is 0.0767. The zero-order valence-corrected chi connectivity index (χ0v) is 18.0. The molecule has 0 bridgehead atoms. The van der Waals surface area contributed by atoms with Crippen molar-refractivity contribution in [3.8, 4) is 0 Å². The Balaban J connectivity index is 1.49. The van der Waals surface area contributed by atoms with Gasteiger partial charge in [-0.25, -0.2) is 0 Å². The molecule has 2 amide bonds. The van der Waals surface area contributed by atoms with Crippen molar-refractivity contribution in [1.82, 2.24) is 10.6 Å². The van der Waals surface area contributed by atoms with Crippen LogP contribution >= 0.6 is 11.8 Å². The van der Waals surface area contributed by atoms with Gasteiger partial charge in [-0.15, -0.1) is 11.8 Å². The molecule has 1 heterocycles. The molecule has 1 aliphatic rings. The summed E-state index contributed by atoms with van der Waals surface area (Å²) in [6, 6.07) is 17.9. The van der Waals surface area contributed by atoms with Gasteiger partial charge < -0.3 is 10.6 Å². The molecule has 3 unspecified atom stereocenters. The van der Waals surface area contributed by atoms with Gasteiger partial charge in [-0.2, -0.15) is 0 Å². The lowest BCUT2D eigenvalue weighted by atomic mass is 9.94. The van der Waals surface area contributed by atoms with E-state index in [1.165, 1.54) is 11.1 Å². The highest BCUT2D eigenvalue weighted by Gasteiger charge is 2.34. The zero-order valence-electron chi connectivity index (χ0n) is 17.1. The number of hydrogen-bond acceptors (Lipinski definition) is 4. The molecule has 3 rings (SSSR count). The normalized spacial score (nSPS) is 21.7. The van der Waals surface area contributed by atoms with Gasteiger partial charge in [-0.05, 0) is 36.1 Å². The molecule has 0 saturated carbocycles. The summed E-state index contributed by atoms with van der Waals surface area (Å²) in [7, 11) is 0. The summed E-state index contributed by atoms with van der Waals surface area (Å²) in [5.74, 6) is 0.644. The third kappa shape index (κ3) is 6.08. The summed E-state index contributed by atoms with van der Waals surface area (Å²) in [4.78, 5) is 25.0. The van der Waals surface area contributed by atoms with Crippen LogP contribution in [0.15, 0.2) is 54.6 Å². The van der Waals surface area contributed by atoms with Gasteiger partial charge in [-0.3, -0.25) is 14.9 Å². The minimum Gasteiger partial charge on any atom is -0.331 e. The topological polar surface area (TPSA) is 70.2 Å². The SMILES string of the molecule is CC(C)c1ccc(NC(=O)CC2C(=O)NC(SCc3ccccc3)NC2C)cc1. The largest absolute Gasteiger partial charge is 0.331 e. The predicted molar refractivity (Wildman–Crippen MR) is 120 cm³/mol. The number of carbonyl (C=O) groups is 2. The van der Waals surface area contributed by atoms with Crippen LogP contribution in [-0.4, -0.2) is 23.4 Å². The van der Waals surface area contributed by atoms with Gasteiger partial charge in [0.05, 0.1) is 5.92 Å². The average Bonchev–Trinajstić information content (AvgIpc) is 2.70. The summed E-state index contributed by atoms with van der Waals surface area (Å²) in [6.07, 6.45) is 0.155. The molecule has 5 nitrogen and oxygen atoms in total. The highest BCUT2D eigenvalue weighted by atomic mass is 32.2. The number of amides is 2. The van der Waals surface area contributed by atoms with Crippen molar-refractivity contribution in [2.24, 2.45) is 5.92 Å². The Bertz CT molecular complexity index is 824. The summed E-state index contributed by atoms with van der Waals surface area (Å²) in [6.45, 7) is 6.23. The fourth-order valence-electron chi connectivity index (χ4n) is 3.34. The molecule has 2 aromatic rings. The van der Waals surface area contributed by atoms with Crippen LogP contribution in [-0.2, 0) is 15.3 Å². The van der Waals surface area contributed by atoms with Crippen LogP contribution in [0.5, 0.6) is 0 Å². The first-order valence-electron chi connectivity index (χ1n) is 10.0. The molecule has 0 aliphatic carbocycles. The molecular weight excluding hydrogens is 382 g/mol. The van der Waals surface area contributed by atoms with E-state index in [-0.39, 0.29) is 29.8 Å². The molecular formula is C23H29N3O2S. The van der Waals surface area contributed by atoms with E-state index in [2.05, 4.69) is 41.9 Å². The van der Waals surface area contributed by atoms with E-state index in [9.17, 15) is 9.59 Å². The minimum atomic E-state index is -0.390. The lowest BCUT2D eigenvalue weighted by molar-refractivity contribution is -0.131. The van der Waals surface area contributed by atoms with E-state index in [1.54, 1.807) is 11.8 Å². The number of nitrogens with one attached hydrogen (secondary N) is 3. The second-order valence-corrected chi connectivity index (χ2v) is 8.87. The van der Waals surface area contributed by atoms with E-state index < -0.39 is 5.92 Å².